The molecule has 1 aromatic heterocycles. The van der Waals surface area contributed by atoms with E-state index in [1.807, 2.05) is 6.92 Å². The van der Waals surface area contributed by atoms with E-state index in [0.717, 1.165) is 24.7 Å². The lowest BCUT2D eigenvalue weighted by molar-refractivity contribution is 0.628. The Morgan fingerprint density at radius 3 is 3.06 bits per heavy atom. The average molecular weight is 239 g/mol. The van der Waals surface area contributed by atoms with Gasteiger partial charge in [-0.25, -0.2) is 4.98 Å². The summed E-state index contributed by atoms with van der Waals surface area (Å²) in [4.78, 5) is 4.52. The Hall–Kier alpha value is -0.640. The highest BCUT2D eigenvalue weighted by atomic mass is 32.2. The van der Waals surface area contributed by atoms with Crippen molar-refractivity contribution in [2.45, 2.75) is 44.9 Å². The van der Waals surface area contributed by atoms with Gasteiger partial charge in [0, 0.05) is 24.0 Å². The van der Waals surface area contributed by atoms with Crippen LogP contribution in [0, 0.1) is 6.92 Å². The van der Waals surface area contributed by atoms with Crippen LogP contribution in [-0.2, 0) is 6.54 Å². The third-order valence-corrected chi connectivity index (χ3v) is 4.70. The lowest BCUT2D eigenvalue weighted by Gasteiger charge is -2.23. The molecule has 3 nitrogen and oxygen atoms in total. The normalized spacial score (nSPS) is 24.9. The van der Waals surface area contributed by atoms with Crippen molar-refractivity contribution in [3.63, 3.8) is 0 Å². The predicted octanol–water partition coefficient (Wildman–Crippen LogP) is 2.91. The third kappa shape index (κ3) is 2.54. The minimum Gasteiger partial charge on any atom is -0.354 e. The van der Waals surface area contributed by atoms with Crippen molar-refractivity contribution in [2.24, 2.45) is 0 Å². The van der Waals surface area contributed by atoms with Crippen LogP contribution in [0.5, 0.6) is 0 Å². The van der Waals surface area contributed by atoms with Crippen molar-refractivity contribution < 1.29 is 0 Å². The second-order valence-electron chi connectivity index (χ2n) is 4.75. The maximum atomic E-state index is 4.52. The molecule has 2 rings (SSSR count). The molecule has 1 atom stereocenters. The maximum absolute atomic E-state index is 4.52. The van der Waals surface area contributed by atoms with Crippen LogP contribution in [0.25, 0.3) is 0 Å². The highest BCUT2D eigenvalue weighted by Crippen LogP contribution is 2.37. The number of thioether (sulfide) groups is 1. The van der Waals surface area contributed by atoms with Gasteiger partial charge in [-0.1, -0.05) is 0 Å². The number of aryl methyl sites for hydroxylation is 2. The van der Waals surface area contributed by atoms with Crippen molar-refractivity contribution in [1.82, 2.24) is 9.55 Å². The van der Waals surface area contributed by atoms with E-state index in [9.17, 15) is 0 Å². The maximum Gasteiger partial charge on any atom is 0.203 e. The molecule has 1 aliphatic rings. The van der Waals surface area contributed by atoms with E-state index in [0.29, 0.717) is 4.75 Å². The van der Waals surface area contributed by atoms with Gasteiger partial charge >= 0.3 is 0 Å². The zero-order valence-corrected chi connectivity index (χ0v) is 11.2. The summed E-state index contributed by atoms with van der Waals surface area (Å²) in [5, 5.41) is 3.50. The first-order chi connectivity index (χ1) is 7.63. The molecule has 4 heteroatoms. The second kappa shape index (κ2) is 4.70. The molecule has 0 amide bonds. The predicted molar refractivity (Wildman–Crippen MR) is 71.2 cm³/mol. The summed E-state index contributed by atoms with van der Waals surface area (Å²) in [6, 6.07) is 0. The largest absolute Gasteiger partial charge is 0.354 e. The van der Waals surface area contributed by atoms with Crippen LogP contribution in [0.15, 0.2) is 6.20 Å². The third-order valence-electron chi connectivity index (χ3n) is 3.16. The standard InChI is InChI=1S/C12H21N3S/c1-4-15-8-10(2)14-11(15)13-9-12(3)6-5-7-16-12/h8H,4-7,9H2,1-3H3,(H,13,14). The Bertz CT molecular complexity index is 353. The highest BCUT2D eigenvalue weighted by Gasteiger charge is 2.29. The zero-order chi connectivity index (χ0) is 11.6. The van der Waals surface area contributed by atoms with Gasteiger partial charge in [0.25, 0.3) is 0 Å². The van der Waals surface area contributed by atoms with Crippen LogP contribution in [0.1, 0.15) is 32.4 Å². The van der Waals surface area contributed by atoms with E-state index < -0.39 is 0 Å². The molecule has 0 saturated carbocycles. The Morgan fingerprint density at radius 1 is 1.62 bits per heavy atom. The van der Waals surface area contributed by atoms with E-state index in [2.05, 4.69) is 46.7 Å². The minimum atomic E-state index is 0.401. The fourth-order valence-corrected chi connectivity index (χ4v) is 3.42. The Balaban J connectivity index is 1.98. The summed E-state index contributed by atoms with van der Waals surface area (Å²) >= 11 is 2.08. The van der Waals surface area contributed by atoms with Crippen molar-refractivity contribution in [1.29, 1.82) is 0 Å². The SMILES string of the molecule is CCn1cc(C)nc1NCC1(C)CCCS1. The van der Waals surface area contributed by atoms with Gasteiger partial charge in [0.15, 0.2) is 0 Å². The summed E-state index contributed by atoms with van der Waals surface area (Å²) < 4.78 is 2.58. The lowest BCUT2D eigenvalue weighted by Crippen LogP contribution is -2.28. The lowest BCUT2D eigenvalue weighted by atomic mass is 10.1. The average Bonchev–Trinajstić information content (AvgIpc) is 2.82. The molecule has 0 spiro atoms. The molecule has 1 N–H and O–H groups in total. The molecular weight excluding hydrogens is 218 g/mol. The summed E-state index contributed by atoms with van der Waals surface area (Å²) in [6.07, 6.45) is 4.77. The molecule has 0 aliphatic carbocycles. The van der Waals surface area contributed by atoms with Gasteiger partial charge in [0.05, 0.1) is 5.69 Å². The first-order valence-electron chi connectivity index (χ1n) is 6.04. The van der Waals surface area contributed by atoms with Crippen LogP contribution in [0.4, 0.5) is 5.95 Å². The molecule has 1 unspecified atom stereocenters. The van der Waals surface area contributed by atoms with E-state index in [4.69, 9.17) is 0 Å². The van der Waals surface area contributed by atoms with Gasteiger partial charge in [-0.3, -0.25) is 0 Å². The van der Waals surface area contributed by atoms with Gasteiger partial charge in [-0.05, 0) is 39.4 Å². The summed E-state index contributed by atoms with van der Waals surface area (Å²) in [5.41, 5.74) is 1.09. The van der Waals surface area contributed by atoms with Gasteiger partial charge in [0.2, 0.25) is 5.95 Å². The zero-order valence-electron chi connectivity index (χ0n) is 10.4. The number of anilines is 1. The summed E-state index contributed by atoms with van der Waals surface area (Å²) in [5.74, 6) is 2.33. The topological polar surface area (TPSA) is 29.9 Å². The Morgan fingerprint density at radius 2 is 2.44 bits per heavy atom. The molecule has 1 aliphatic heterocycles. The molecule has 16 heavy (non-hydrogen) atoms. The molecule has 0 aromatic carbocycles. The number of aromatic nitrogens is 2. The second-order valence-corrected chi connectivity index (χ2v) is 6.43. The Kier molecular flexibility index (Phi) is 3.47. The molecule has 1 saturated heterocycles. The molecule has 0 bridgehead atoms. The molecule has 1 aromatic rings. The molecular formula is C12H21N3S. The summed E-state index contributed by atoms with van der Waals surface area (Å²) in [6.45, 7) is 8.55. The van der Waals surface area contributed by atoms with E-state index in [1.165, 1.54) is 18.6 Å². The van der Waals surface area contributed by atoms with Gasteiger partial charge < -0.3 is 9.88 Å². The van der Waals surface area contributed by atoms with E-state index in [1.54, 1.807) is 0 Å². The number of hydrogen-bond donors (Lipinski definition) is 1. The quantitative estimate of drug-likeness (QED) is 0.876. The van der Waals surface area contributed by atoms with Crippen LogP contribution in [0.3, 0.4) is 0 Å². The number of nitrogens with zero attached hydrogens (tertiary/aromatic N) is 2. The van der Waals surface area contributed by atoms with Gasteiger partial charge in [0.1, 0.15) is 0 Å². The van der Waals surface area contributed by atoms with Crippen LogP contribution < -0.4 is 5.32 Å². The fraction of sp³-hybridized carbons (Fsp3) is 0.750. The molecule has 90 valence electrons. The van der Waals surface area contributed by atoms with Crippen LogP contribution >= 0.6 is 11.8 Å². The number of nitrogens with one attached hydrogen (secondary N) is 1. The highest BCUT2D eigenvalue weighted by molar-refractivity contribution is 8.00. The smallest absolute Gasteiger partial charge is 0.203 e. The first-order valence-corrected chi connectivity index (χ1v) is 7.03. The van der Waals surface area contributed by atoms with Crippen LogP contribution in [0.2, 0.25) is 0 Å². The minimum absolute atomic E-state index is 0.401. The number of rotatable bonds is 4. The van der Waals surface area contributed by atoms with E-state index >= 15 is 0 Å². The fourth-order valence-electron chi connectivity index (χ4n) is 2.17. The van der Waals surface area contributed by atoms with Crippen molar-refractivity contribution in [3.05, 3.63) is 11.9 Å². The number of hydrogen-bond acceptors (Lipinski definition) is 3. The van der Waals surface area contributed by atoms with Crippen molar-refractivity contribution in [2.75, 3.05) is 17.6 Å². The molecule has 1 fully saturated rings. The molecule has 0 radical (unpaired) electrons. The van der Waals surface area contributed by atoms with Crippen molar-refractivity contribution >= 4 is 17.7 Å². The first kappa shape index (κ1) is 11.8. The van der Waals surface area contributed by atoms with Gasteiger partial charge in [-0.15, -0.1) is 0 Å². The summed E-state index contributed by atoms with van der Waals surface area (Å²) in [7, 11) is 0. The van der Waals surface area contributed by atoms with Gasteiger partial charge in [-0.2, -0.15) is 11.8 Å². The van der Waals surface area contributed by atoms with Crippen LogP contribution in [-0.4, -0.2) is 26.6 Å². The molecule has 2 heterocycles. The Labute approximate surface area is 102 Å². The monoisotopic (exact) mass is 239 g/mol. The van der Waals surface area contributed by atoms with E-state index in [-0.39, 0.29) is 0 Å². The number of imidazole rings is 1. The van der Waals surface area contributed by atoms with Crippen molar-refractivity contribution in [3.8, 4) is 0 Å².